The van der Waals surface area contributed by atoms with Crippen LogP contribution in [0.15, 0.2) is 42.5 Å². The SMILES string of the molecule is Cc1ccccc1CN(C(=O)CN(c1c(C)cccc1C)S(C)(=O)=O)[C@@H](C)C(=O)NC1CCCCC1. The van der Waals surface area contributed by atoms with Gasteiger partial charge in [-0.2, -0.15) is 0 Å². The highest BCUT2D eigenvalue weighted by Crippen LogP contribution is 2.27. The van der Waals surface area contributed by atoms with Gasteiger partial charge in [-0.05, 0) is 62.8 Å². The molecule has 196 valence electrons. The first kappa shape index (κ1) is 27.7. The number of aryl methyl sites for hydroxylation is 3. The maximum Gasteiger partial charge on any atom is 0.244 e. The van der Waals surface area contributed by atoms with E-state index in [1.54, 1.807) is 6.92 Å². The van der Waals surface area contributed by atoms with Crippen molar-refractivity contribution in [2.45, 2.75) is 78.4 Å². The monoisotopic (exact) mass is 513 g/mol. The van der Waals surface area contributed by atoms with E-state index in [9.17, 15) is 18.0 Å². The molecule has 0 heterocycles. The smallest absolute Gasteiger partial charge is 0.244 e. The van der Waals surface area contributed by atoms with E-state index in [1.807, 2.05) is 63.2 Å². The van der Waals surface area contributed by atoms with E-state index >= 15 is 0 Å². The Labute approximate surface area is 215 Å². The number of sulfonamides is 1. The molecule has 0 aromatic heterocycles. The van der Waals surface area contributed by atoms with Crippen molar-refractivity contribution in [1.29, 1.82) is 0 Å². The van der Waals surface area contributed by atoms with Crippen LogP contribution >= 0.6 is 0 Å². The number of anilines is 1. The van der Waals surface area contributed by atoms with Crippen LogP contribution in [0.4, 0.5) is 5.69 Å². The third-order valence-corrected chi connectivity index (χ3v) is 8.20. The van der Waals surface area contributed by atoms with Gasteiger partial charge < -0.3 is 10.2 Å². The Hall–Kier alpha value is -2.87. The highest BCUT2D eigenvalue weighted by molar-refractivity contribution is 7.92. The highest BCUT2D eigenvalue weighted by Gasteiger charge is 2.32. The van der Waals surface area contributed by atoms with E-state index in [2.05, 4.69) is 5.32 Å². The van der Waals surface area contributed by atoms with Gasteiger partial charge in [0.25, 0.3) is 0 Å². The molecule has 2 aromatic carbocycles. The summed E-state index contributed by atoms with van der Waals surface area (Å²) in [5.41, 5.74) is 3.96. The average molecular weight is 514 g/mol. The van der Waals surface area contributed by atoms with Gasteiger partial charge in [-0.25, -0.2) is 8.42 Å². The van der Waals surface area contributed by atoms with Crippen LogP contribution in [0.5, 0.6) is 0 Å². The van der Waals surface area contributed by atoms with Crippen LogP contribution in [0.3, 0.4) is 0 Å². The molecule has 0 unspecified atom stereocenters. The first-order chi connectivity index (χ1) is 17.0. The molecule has 1 fully saturated rings. The van der Waals surface area contributed by atoms with Crippen molar-refractivity contribution < 1.29 is 18.0 Å². The number of carbonyl (C=O) groups is 2. The van der Waals surface area contributed by atoms with Gasteiger partial charge in [-0.1, -0.05) is 61.7 Å². The van der Waals surface area contributed by atoms with E-state index in [4.69, 9.17) is 0 Å². The second-order valence-electron chi connectivity index (χ2n) is 9.98. The summed E-state index contributed by atoms with van der Waals surface area (Å²) in [7, 11) is -3.76. The molecular formula is C28H39N3O4S. The molecule has 1 aliphatic rings. The predicted octanol–water partition coefficient (Wildman–Crippen LogP) is 4.24. The molecule has 1 aliphatic carbocycles. The van der Waals surface area contributed by atoms with Crippen LogP contribution < -0.4 is 9.62 Å². The second kappa shape index (κ2) is 11.9. The van der Waals surface area contributed by atoms with E-state index in [-0.39, 0.29) is 25.0 Å². The molecule has 3 rings (SSSR count). The maximum absolute atomic E-state index is 13.8. The van der Waals surface area contributed by atoms with Crippen molar-refractivity contribution in [3.05, 3.63) is 64.7 Å². The topological polar surface area (TPSA) is 86.8 Å². The number of nitrogens with one attached hydrogen (secondary N) is 1. The van der Waals surface area contributed by atoms with Crippen molar-refractivity contribution in [3.8, 4) is 0 Å². The number of para-hydroxylation sites is 1. The number of benzene rings is 2. The van der Waals surface area contributed by atoms with Gasteiger partial charge in [0, 0.05) is 12.6 Å². The lowest BCUT2D eigenvalue weighted by molar-refractivity contribution is -0.139. The van der Waals surface area contributed by atoms with Crippen LogP contribution in [0.2, 0.25) is 0 Å². The Bertz CT molecular complexity index is 1170. The van der Waals surface area contributed by atoms with Crippen LogP contribution in [0, 0.1) is 20.8 Å². The fraction of sp³-hybridized carbons (Fsp3) is 0.500. The Morgan fingerprint density at radius 3 is 2.11 bits per heavy atom. The molecule has 0 radical (unpaired) electrons. The van der Waals surface area contributed by atoms with E-state index in [0.717, 1.165) is 58.5 Å². The van der Waals surface area contributed by atoms with Crippen molar-refractivity contribution in [1.82, 2.24) is 10.2 Å². The summed E-state index contributed by atoms with van der Waals surface area (Å²) in [4.78, 5) is 28.6. The summed E-state index contributed by atoms with van der Waals surface area (Å²) in [6, 6.07) is 12.6. The van der Waals surface area contributed by atoms with Gasteiger partial charge in [0.05, 0.1) is 11.9 Å². The van der Waals surface area contributed by atoms with Crippen molar-refractivity contribution in [3.63, 3.8) is 0 Å². The molecule has 2 amide bonds. The Morgan fingerprint density at radius 2 is 1.53 bits per heavy atom. The minimum absolute atomic E-state index is 0.117. The molecule has 7 nitrogen and oxygen atoms in total. The summed E-state index contributed by atoms with van der Waals surface area (Å²) in [6.45, 7) is 7.18. The minimum atomic E-state index is -3.76. The van der Waals surface area contributed by atoms with Crippen molar-refractivity contribution >= 4 is 27.5 Å². The summed E-state index contributed by atoms with van der Waals surface area (Å²) >= 11 is 0. The standard InChI is InChI=1S/C28H39N3O4S/c1-20-12-9-10-15-24(20)18-30(23(4)28(33)29-25-16-7-6-8-17-25)26(32)19-31(36(5,34)35)27-21(2)13-11-14-22(27)3/h9-15,23,25H,6-8,16-19H2,1-5H3,(H,29,33)/t23-/m0/s1. The molecule has 0 spiro atoms. The molecule has 1 saturated carbocycles. The van der Waals surface area contributed by atoms with E-state index in [0.29, 0.717) is 5.69 Å². The van der Waals surface area contributed by atoms with Gasteiger partial charge in [0.1, 0.15) is 12.6 Å². The summed E-state index contributed by atoms with van der Waals surface area (Å²) in [6.07, 6.45) is 6.35. The normalized spacial score (nSPS) is 15.2. The third-order valence-electron chi connectivity index (χ3n) is 7.09. The third kappa shape index (κ3) is 6.87. The predicted molar refractivity (Wildman–Crippen MR) is 144 cm³/mol. The minimum Gasteiger partial charge on any atom is -0.352 e. The Morgan fingerprint density at radius 1 is 0.944 bits per heavy atom. The summed E-state index contributed by atoms with van der Waals surface area (Å²) < 4.78 is 26.9. The molecule has 0 saturated heterocycles. The molecule has 8 heteroatoms. The lowest BCUT2D eigenvalue weighted by atomic mass is 9.95. The zero-order valence-electron chi connectivity index (χ0n) is 22.1. The zero-order valence-corrected chi connectivity index (χ0v) is 22.9. The second-order valence-corrected chi connectivity index (χ2v) is 11.9. The van der Waals surface area contributed by atoms with Crippen molar-refractivity contribution in [2.24, 2.45) is 0 Å². The summed E-state index contributed by atoms with van der Waals surface area (Å²) in [5.74, 6) is -0.626. The number of hydrogen-bond donors (Lipinski definition) is 1. The molecular weight excluding hydrogens is 474 g/mol. The molecule has 36 heavy (non-hydrogen) atoms. The van der Waals surface area contributed by atoms with Gasteiger partial charge in [-0.15, -0.1) is 0 Å². The number of rotatable bonds is 9. The van der Waals surface area contributed by atoms with E-state index in [1.165, 1.54) is 11.3 Å². The number of nitrogens with zero attached hydrogens (tertiary/aromatic N) is 2. The number of carbonyl (C=O) groups excluding carboxylic acids is 2. The molecule has 1 N–H and O–H groups in total. The average Bonchev–Trinajstić information content (AvgIpc) is 2.82. The lowest BCUT2D eigenvalue weighted by Crippen LogP contribution is -2.53. The number of hydrogen-bond acceptors (Lipinski definition) is 4. The lowest BCUT2D eigenvalue weighted by Gasteiger charge is -2.33. The Balaban J connectivity index is 1.92. The van der Waals surface area contributed by atoms with Crippen LogP contribution in [-0.2, 0) is 26.2 Å². The first-order valence-corrected chi connectivity index (χ1v) is 14.5. The van der Waals surface area contributed by atoms with Gasteiger partial charge in [-0.3, -0.25) is 13.9 Å². The molecule has 0 aliphatic heterocycles. The molecule has 0 bridgehead atoms. The molecule has 1 atom stereocenters. The zero-order chi connectivity index (χ0) is 26.5. The molecule has 2 aromatic rings. The van der Waals surface area contributed by atoms with E-state index < -0.39 is 22.0 Å². The van der Waals surface area contributed by atoms with Crippen LogP contribution in [0.1, 0.15) is 61.3 Å². The highest BCUT2D eigenvalue weighted by atomic mass is 32.2. The maximum atomic E-state index is 13.8. The first-order valence-electron chi connectivity index (χ1n) is 12.7. The van der Waals surface area contributed by atoms with Gasteiger partial charge in [0.15, 0.2) is 0 Å². The van der Waals surface area contributed by atoms with Crippen LogP contribution in [0.25, 0.3) is 0 Å². The van der Waals surface area contributed by atoms with Crippen molar-refractivity contribution in [2.75, 3.05) is 17.1 Å². The van der Waals surface area contributed by atoms with Gasteiger partial charge >= 0.3 is 0 Å². The fourth-order valence-electron chi connectivity index (χ4n) is 4.90. The van der Waals surface area contributed by atoms with Gasteiger partial charge in [0.2, 0.25) is 21.8 Å². The summed E-state index contributed by atoms with van der Waals surface area (Å²) in [5, 5.41) is 3.12. The fourth-order valence-corrected chi connectivity index (χ4v) is 5.86. The Kier molecular flexibility index (Phi) is 9.17. The van der Waals surface area contributed by atoms with Crippen LogP contribution in [-0.4, -0.2) is 50.0 Å². The largest absolute Gasteiger partial charge is 0.352 e. The number of amides is 2. The quantitative estimate of drug-likeness (QED) is 0.543.